The van der Waals surface area contributed by atoms with Crippen molar-refractivity contribution in [3.63, 3.8) is 0 Å². The minimum atomic E-state index is -0.662. The molecule has 2 aromatic heterocycles. The van der Waals surface area contributed by atoms with Gasteiger partial charge in [-0.3, -0.25) is 9.59 Å². The predicted octanol–water partition coefficient (Wildman–Crippen LogP) is 3.20. The third-order valence-electron chi connectivity index (χ3n) is 3.89. The number of anilines is 1. The molecule has 0 aliphatic heterocycles. The Hall–Kier alpha value is -2.91. The number of alkyl halides is 1. The highest BCUT2D eigenvalue weighted by atomic mass is 35.5. The lowest BCUT2D eigenvalue weighted by atomic mass is 10.2. The van der Waals surface area contributed by atoms with Gasteiger partial charge in [0, 0.05) is 10.8 Å². The highest BCUT2D eigenvalue weighted by Gasteiger charge is 2.23. The maximum Gasteiger partial charge on any atom is 0.359 e. The van der Waals surface area contributed by atoms with E-state index < -0.39 is 17.4 Å². The van der Waals surface area contributed by atoms with Crippen LogP contribution in [0.2, 0.25) is 0 Å². The zero-order valence-electron chi connectivity index (χ0n) is 15.7. The van der Waals surface area contributed by atoms with Crippen molar-refractivity contribution >= 4 is 50.6 Å². The van der Waals surface area contributed by atoms with E-state index >= 15 is 0 Å². The third-order valence-corrected chi connectivity index (χ3v) is 5.03. The molecule has 29 heavy (non-hydrogen) atoms. The van der Waals surface area contributed by atoms with E-state index in [0.29, 0.717) is 28.4 Å². The summed E-state index contributed by atoms with van der Waals surface area (Å²) in [5.74, 6) is -0.744. The molecule has 8 nitrogen and oxygen atoms in total. The molecule has 1 amide bonds. The van der Waals surface area contributed by atoms with Crippen molar-refractivity contribution in [3.05, 3.63) is 45.7 Å². The second-order valence-electron chi connectivity index (χ2n) is 5.75. The fourth-order valence-corrected chi connectivity index (χ4v) is 3.70. The van der Waals surface area contributed by atoms with Crippen LogP contribution in [0.4, 0.5) is 5.00 Å². The average Bonchev–Trinajstić information content (AvgIpc) is 3.13. The quantitative estimate of drug-likeness (QED) is 0.452. The lowest BCUT2D eigenvalue weighted by molar-refractivity contribution is -0.113. The number of thiophene rings is 1. The van der Waals surface area contributed by atoms with Gasteiger partial charge in [0.05, 0.1) is 24.3 Å². The Morgan fingerprint density at radius 1 is 1.21 bits per heavy atom. The lowest BCUT2D eigenvalue weighted by Gasteiger charge is -2.10. The lowest BCUT2D eigenvalue weighted by Crippen LogP contribution is -2.25. The van der Waals surface area contributed by atoms with Crippen LogP contribution in [0.5, 0.6) is 5.75 Å². The summed E-state index contributed by atoms with van der Waals surface area (Å²) in [6.07, 6.45) is 0. The van der Waals surface area contributed by atoms with Crippen molar-refractivity contribution in [2.45, 2.75) is 13.8 Å². The van der Waals surface area contributed by atoms with Crippen molar-refractivity contribution in [1.29, 1.82) is 0 Å². The minimum absolute atomic E-state index is 0.0158. The van der Waals surface area contributed by atoms with Crippen molar-refractivity contribution in [2.75, 3.05) is 24.4 Å². The molecule has 1 N–H and O–H groups in total. The molecule has 3 aromatic rings. The van der Waals surface area contributed by atoms with E-state index in [1.165, 1.54) is 0 Å². The van der Waals surface area contributed by atoms with Gasteiger partial charge in [0.15, 0.2) is 5.69 Å². The number of nitrogens with one attached hydrogen (secondary N) is 1. The van der Waals surface area contributed by atoms with E-state index in [2.05, 4.69) is 10.4 Å². The van der Waals surface area contributed by atoms with Gasteiger partial charge in [0.1, 0.15) is 16.6 Å². The summed E-state index contributed by atoms with van der Waals surface area (Å²) in [5, 5.41) is 9.18. The SMILES string of the molecule is CCOC(=O)c1nn(-c2ccc(OCC)cc2)c(=O)c2c(NC(=O)CCl)scc12. The zero-order valence-corrected chi connectivity index (χ0v) is 17.3. The number of benzene rings is 1. The zero-order chi connectivity index (χ0) is 21.0. The molecule has 3 rings (SSSR count). The molecular weight excluding hydrogens is 418 g/mol. The summed E-state index contributed by atoms with van der Waals surface area (Å²) in [6.45, 7) is 4.21. The maximum absolute atomic E-state index is 13.2. The number of carbonyl (C=O) groups is 2. The number of hydrogen-bond acceptors (Lipinski definition) is 7. The number of rotatable bonds is 7. The van der Waals surface area contributed by atoms with Crippen molar-refractivity contribution in [3.8, 4) is 11.4 Å². The maximum atomic E-state index is 13.2. The topological polar surface area (TPSA) is 99.5 Å². The standard InChI is InChI=1S/C19H18ClN3O5S/c1-3-27-12-7-5-11(6-8-12)23-18(25)15-13(16(22-23)19(26)28-4-2)10-29-17(15)21-14(24)9-20/h5-8,10H,3-4,9H2,1-2H3,(H,21,24). The first-order chi connectivity index (χ1) is 14.0. The van der Waals surface area contributed by atoms with Gasteiger partial charge in [-0.25, -0.2) is 4.79 Å². The number of hydrogen-bond donors (Lipinski definition) is 1. The van der Waals surface area contributed by atoms with Crippen molar-refractivity contribution < 1.29 is 19.1 Å². The smallest absolute Gasteiger partial charge is 0.359 e. The first-order valence-electron chi connectivity index (χ1n) is 8.80. The van der Waals surface area contributed by atoms with Crippen molar-refractivity contribution in [1.82, 2.24) is 9.78 Å². The van der Waals surface area contributed by atoms with Crippen molar-refractivity contribution in [2.24, 2.45) is 0 Å². The van der Waals surface area contributed by atoms with Crippen LogP contribution in [-0.2, 0) is 9.53 Å². The van der Waals surface area contributed by atoms with Gasteiger partial charge >= 0.3 is 5.97 Å². The Balaban J connectivity index is 2.22. The summed E-state index contributed by atoms with van der Waals surface area (Å²) in [5.41, 5.74) is -0.0620. The van der Waals surface area contributed by atoms with Crippen LogP contribution in [0.25, 0.3) is 16.5 Å². The Labute approximate surface area is 175 Å². The third kappa shape index (κ3) is 4.25. The van der Waals surface area contributed by atoms with Gasteiger partial charge < -0.3 is 14.8 Å². The van der Waals surface area contributed by atoms with E-state index in [4.69, 9.17) is 21.1 Å². The fraction of sp³-hybridized carbons (Fsp3) is 0.263. The fourth-order valence-electron chi connectivity index (χ4n) is 2.68. The normalized spacial score (nSPS) is 10.7. The number of halogens is 1. The van der Waals surface area contributed by atoms with Crippen LogP contribution < -0.4 is 15.6 Å². The second-order valence-corrected chi connectivity index (χ2v) is 6.90. The number of esters is 1. The first kappa shape index (κ1) is 20.8. The second kappa shape index (κ2) is 9.06. The Kier molecular flexibility index (Phi) is 6.50. The Bertz CT molecular complexity index is 1110. The number of carbonyl (C=O) groups excluding carboxylic acids is 2. The van der Waals surface area contributed by atoms with Crippen LogP contribution >= 0.6 is 22.9 Å². The highest BCUT2D eigenvalue weighted by molar-refractivity contribution is 7.16. The monoisotopic (exact) mass is 435 g/mol. The Morgan fingerprint density at radius 3 is 2.55 bits per heavy atom. The minimum Gasteiger partial charge on any atom is -0.494 e. The number of nitrogens with zero attached hydrogens (tertiary/aromatic N) is 2. The van der Waals surface area contributed by atoms with E-state index in [1.807, 2.05) is 6.92 Å². The van der Waals surface area contributed by atoms with Crippen LogP contribution in [0, 0.1) is 0 Å². The molecule has 0 fully saturated rings. The van der Waals surface area contributed by atoms with Gasteiger partial charge in [-0.2, -0.15) is 9.78 Å². The summed E-state index contributed by atoms with van der Waals surface area (Å²) in [7, 11) is 0. The molecule has 2 heterocycles. The number of ether oxygens (including phenoxy) is 2. The Morgan fingerprint density at radius 2 is 1.93 bits per heavy atom. The van der Waals surface area contributed by atoms with Gasteiger partial charge in [-0.15, -0.1) is 22.9 Å². The molecular formula is C19H18ClN3O5S. The number of aromatic nitrogens is 2. The first-order valence-corrected chi connectivity index (χ1v) is 10.2. The van der Waals surface area contributed by atoms with E-state index in [0.717, 1.165) is 16.0 Å². The average molecular weight is 436 g/mol. The summed E-state index contributed by atoms with van der Waals surface area (Å²) >= 11 is 6.67. The largest absolute Gasteiger partial charge is 0.494 e. The van der Waals surface area contributed by atoms with Crippen LogP contribution in [-0.4, -0.2) is 40.8 Å². The number of amides is 1. The summed E-state index contributed by atoms with van der Waals surface area (Å²) < 4.78 is 11.6. The molecule has 0 unspecified atom stereocenters. The molecule has 0 aliphatic carbocycles. The van der Waals surface area contributed by atoms with E-state index in [-0.39, 0.29) is 23.6 Å². The van der Waals surface area contributed by atoms with Crippen LogP contribution in [0.1, 0.15) is 24.3 Å². The highest BCUT2D eigenvalue weighted by Crippen LogP contribution is 2.30. The molecule has 0 spiro atoms. The van der Waals surface area contributed by atoms with Crippen LogP contribution in [0.15, 0.2) is 34.4 Å². The molecule has 1 aromatic carbocycles. The predicted molar refractivity (Wildman–Crippen MR) is 112 cm³/mol. The molecule has 0 saturated heterocycles. The van der Waals surface area contributed by atoms with Gasteiger partial charge in [0.2, 0.25) is 5.91 Å². The van der Waals surface area contributed by atoms with Crippen LogP contribution in [0.3, 0.4) is 0 Å². The molecule has 10 heteroatoms. The van der Waals surface area contributed by atoms with Gasteiger partial charge in [-0.1, -0.05) is 0 Å². The number of fused-ring (bicyclic) bond motifs is 1. The molecule has 0 aliphatic rings. The summed E-state index contributed by atoms with van der Waals surface area (Å²) in [6, 6.07) is 6.71. The van der Waals surface area contributed by atoms with E-state index in [1.54, 1.807) is 36.6 Å². The molecule has 0 atom stereocenters. The van der Waals surface area contributed by atoms with Gasteiger partial charge in [0.25, 0.3) is 5.56 Å². The van der Waals surface area contributed by atoms with Gasteiger partial charge in [-0.05, 0) is 38.1 Å². The molecule has 0 bridgehead atoms. The molecule has 0 saturated carbocycles. The van der Waals surface area contributed by atoms with E-state index in [9.17, 15) is 14.4 Å². The molecule has 152 valence electrons. The molecule has 0 radical (unpaired) electrons. The summed E-state index contributed by atoms with van der Waals surface area (Å²) in [4.78, 5) is 37.4.